The standard InChI is InChI=1S/C19H12BrN/c20-19-7-3-4-14(11-19)10-18(13-21)17-9-8-15-5-1-2-6-16(15)12-17/h1-12H/b18-10-. The molecule has 1 nitrogen and oxygen atoms in total. The predicted octanol–water partition coefficient (Wildman–Crippen LogP) is 5.67. The van der Waals surface area contributed by atoms with Crippen LogP contribution in [0.3, 0.4) is 0 Å². The van der Waals surface area contributed by atoms with Crippen molar-refractivity contribution in [2.45, 2.75) is 0 Å². The van der Waals surface area contributed by atoms with Crippen LogP contribution in [0, 0.1) is 11.3 Å². The summed E-state index contributed by atoms with van der Waals surface area (Å²) in [6.07, 6.45) is 1.91. The first kappa shape index (κ1) is 13.6. The molecule has 0 aliphatic rings. The van der Waals surface area contributed by atoms with E-state index in [9.17, 15) is 5.26 Å². The highest BCUT2D eigenvalue weighted by Gasteiger charge is 2.03. The molecule has 0 fully saturated rings. The largest absolute Gasteiger partial charge is 0.192 e. The normalized spacial score (nSPS) is 11.3. The lowest BCUT2D eigenvalue weighted by atomic mass is 10.0. The molecular weight excluding hydrogens is 322 g/mol. The number of fused-ring (bicyclic) bond motifs is 1. The zero-order chi connectivity index (χ0) is 14.7. The Kier molecular flexibility index (Phi) is 3.85. The Morgan fingerprint density at radius 3 is 2.48 bits per heavy atom. The van der Waals surface area contributed by atoms with E-state index in [1.807, 2.05) is 48.5 Å². The Bertz CT molecular complexity index is 872. The molecule has 3 aromatic rings. The van der Waals surface area contributed by atoms with Crippen LogP contribution in [-0.2, 0) is 0 Å². The van der Waals surface area contributed by atoms with Crippen LogP contribution in [0.1, 0.15) is 11.1 Å². The second-order valence-electron chi connectivity index (χ2n) is 4.79. The summed E-state index contributed by atoms with van der Waals surface area (Å²) in [5.74, 6) is 0. The number of nitrogens with zero attached hydrogens (tertiary/aromatic N) is 1. The average Bonchev–Trinajstić information content (AvgIpc) is 2.52. The van der Waals surface area contributed by atoms with Gasteiger partial charge in [0, 0.05) is 4.47 Å². The van der Waals surface area contributed by atoms with Gasteiger partial charge in [-0.05, 0) is 46.2 Å². The highest BCUT2D eigenvalue weighted by atomic mass is 79.9. The van der Waals surface area contributed by atoms with E-state index in [4.69, 9.17) is 0 Å². The predicted molar refractivity (Wildman–Crippen MR) is 91.6 cm³/mol. The lowest BCUT2D eigenvalue weighted by Crippen LogP contribution is -1.83. The molecule has 0 saturated carbocycles. The Hall–Kier alpha value is -2.37. The topological polar surface area (TPSA) is 23.8 Å². The molecule has 100 valence electrons. The van der Waals surface area contributed by atoms with Crippen LogP contribution in [0.15, 0.2) is 71.2 Å². The third-order valence-electron chi connectivity index (χ3n) is 3.34. The summed E-state index contributed by atoms with van der Waals surface area (Å²) < 4.78 is 1.01. The molecule has 0 spiro atoms. The highest BCUT2D eigenvalue weighted by molar-refractivity contribution is 9.10. The first-order valence-electron chi connectivity index (χ1n) is 6.63. The number of hydrogen-bond acceptors (Lipinski definition) is 1. The molecule has 0 saturated heterocycles. The third kappa shape index (κ3) is 3.04. The Morgan fingerprint density at radius 2 is 1.71 bits per heavy atom. The first-order chi connectivity index (χ1) is 10.3. The number of allylic oxidation sites excluding steroid dienone is 1. The molecular formula is C19H12BrN. The minimum Gasteiger partial charge on any atom is -0.192 e. The maximum atomic E-state index is 9.45. The van der Waals surface area contributed by atoms with Gasteiger partial charge in [0.1, 0.15) is 0 Å². The molecule has 0 unspecified atom stereocenters. The van der Waals surface area contributed by atoms with Crippen LogP contribution in [0.2, 0.25) is 0 Å². The lowest BCUT2D eigenvalue weighted by molar-refractivity contribution is 1.53. The number of halogens is 1. The lowest BCUT2D eigenvalue weighted by Gasteiger charge is -2.03. The molecule has 0 N–H and O–H groups in total. The fourth-order valence-corrected chi connectivity index (χ4v) is 2.72. The van der Waals surface area contributed by atoms with Gasteiger partial charge in [-0.1, -0.05) is 64.5 Å². The number of rotatable bonds is 2. The van der Waals surface area contributed by atoms with E-state index in [0.29, 0.717) is 5.57 Å². The van der Waals surface area contributed by atoms with Crippen molar-refractivity contribution in [3.63, 3.8) is 0 Å². The maximum Gasteiger partial charge on any atom is 0.0998 e. The molecule has 0 heterocycles. The van der Waals surface area contributed by atoms with E-state index >= 15 is 0 Å². The minimum absolute atomic E-state index is 0.666. The third-order valence-corrected chi connectivity index (χ3v) is 3.83. The summed E-state index contributed by atoms with van der Waals surface area (Å²) in [6, 6.07) is 24.5. The Balaban J connectivity index is 2.08. The molecule has 0 atom stereocenters. The smallest absolute Gasteiger partial charge is 0.0998 e. The van der Waals surface area contributed by atoms with Crippen molar-refractivity contribution < 1.29 is 0 Å². The van der Waals surface area contributed by atoms with Gasteiger partial charge >= 0.3 is 0 Å². The number of benzene rings is 3. The van der Waals surface area contributed by atoms with Crippen LogP contribution in [-0.4, -0.2) is 0 Å². The van der Waals surface area contributed by atoms with Crippen LogP contribution < -0.4 is 0 Å². The van der Waals surface area contributed by atoms with Gasteiger partial charge in [0.15, 0.2) is 0 Å². The monoisotopic (exact) mass is 333 g/mol. The molecule has 0 bridgehead atoms. The van der Waals surface area contributed by atoms with E-state index in [1.165, 1.54) is 5.39 Å². The second kappa shape index (κ2) is 5.95. The highest BCUT2D eigenvalue weighted by Crippen LogP contribution is 2.23. The van der Waals surface area contributed by atoms with Crippen molar-refractivity contribution in [3.05, 3.63) is 82.3 Å². The summed E-state index contributed by atoms with van der Waals surface area (Å²) in [5.41, 5.74) is 2.61. The van der Waals surface area contributed by atoms with Crippen molar-refractivity contribution in [1.82, 2.24) is 0 Å². The maximum absolute atomic E-state index is 9.45. The van der Waals surface area contributed by atoms with E-state index in [0.717, 1.165) is 21.0 Å². The molecule has 0 amide bonds. The van der Waals surface area contributed by atoms with Crippen molar-refractivity contribution in [2.75, 3.05) is 0 Å². The van der Waals surface area contributed by atoms with Crippen LogP contribution in [0.25, 0.3) is 22.4 Å². The zero-order valence-corrected chi connectivity index (χ0v) is 12.8. The van der Waals surface area contributed by atoms with E-state index in [2.05, 4.69) is 46.3 Å². The average molecular weight is 334 g/mol. The SMILES string of the molecule is N#C/C(=C/c1cccc(Br)c1)c1ccc2ccccc2c1. The van der Waals surface area contributed by atoms with Crippen LogP contribution in [0.4, 0.5) is 0 Å². The van der Waals surface area contributed by atoms with Gasteiger partial charge in [-0.2, -0.15) is 5.26 Å². The van der Waals surface area contributed by atoms with Crippen molar-refractivity contribution in [3.8, 4) is 6.07 Å². The summed E-state index contributed by atoms with van der Waals surface area (Å²) >= 11 is 3.45. The molecule has 3 aromatic carbocycles. The van der Waals surface area contributed by atoms with Gasteiger partial charge in [-0.15, -0.1) is 0 Å². The summed E-state index contributed by atoms with van der Waals surface area (Å²) in [6.45, 7) is 0. The van der Waals surface area contributed by atoms with E-state index in [1.54, 1.807) is 0 Å². The fourth-order valence-electron chi connectivity index (χ4n) is 2.30. The number of hydrogen-bond donors (Lipinski definition) is 0. The molecule has 0 aliphatic carbocycles. The fraction of sp³-hybridized carbons (Fsp3) is 0. The van der Waals surface area contributed by atoms with Gasteiger partial charge in [-0.3, -0.25) is 0 Å². The molecule has 0 radical (unpaired) electrons. The summed E-state index contributed by atoms with van der Waals surface area (Å²) in [7, 11) is 0. The van der Waals surface area contributed by atoms with E-state index < -0.39 is 0 Å². The summed E-state index contributed by atoms with van der Waals surface area (Å²) in [5, 5.41) is 11.8. The van der Waals surface area contributed by atoms with Crippen molar-refractivity contribution in [1.29, 1.82) is 5.26 Å². The first-order valence-corrected chi connectivity index (χ1v) is 7.42. The molecule has 0 aromatic heterocycles. The van der Waals surface area contributed by atoms with Gasteiger partial charge in [0.2, 0.25) is 0 Å². The second-order valence-corrected chi connectivity index (χ2v) is 5.70. The van der Waals surface area contributed by atoms with Crippen molar-refractivity contribution in [2.24, 2.45) is 0 Å². The van der Waals surface area contributed by atoms with Crippen LogP contribution >= 0.6 is 15.9 Å². The Labute approximate surface area is 132 Å². The van der Waals surface area contributed by atoms with Crippen LogP contribution in [0.5, 0.6) is 0 Å². The molecule has 2 heteroatoms. The van der Waals surface area contributed by atoms with Gasteiger partial charge in [0.05, 0.1) is 11.6 Å². The number of nitriles is 1. The minimum atomic E-state index is 0.666. The molecule has 0 aliphatic heterocycles. The van der Waals surface area contributed by atoms with Gasteiger partial charge < -0.3 is 0 Å². The van der Waals surface area contributed by atoms with E-state index in [-0.39, 0.29) is 0 Å². The molecule has 21 heavy (non-hydrogen) atoms. The van der Waals surface area contributed by atoms with Gasteiger partial charge in [-0.25, -0.2) is 0 Å². The molecule has 3 rings (SSSR count). The summed E-state index contributed by atoms with van der Waals surface area (Å²) in [4.78, 5) is 0. The Morgan fingerprint density at radius 1 is 0.905 bits per heavy atom. The zero-order valence-electron chi connectivity index (χ0n) is 11.3. The van der Waals surface area contributed by atoms with Crippen molar-refractivity contribution >= 4 is 38.4 Å². The quantitative estimate of drug-likeness (QED) is 0.438. The van der Waals surface area contributed by atoms with Gasteiger partial charge in [0.25, 0.3) is 0 Å².